The average Bonchev–Trinajstić information content (AvgIpc) is 3.73. The molecule has 10 heteroatoms. The van der Waals surface area contributed by atoms with Gasteiger partial charge in [-0.3, -0.25) is 18.6 Å². The van der Waals surface area contributed by atoms with Crippen LogP contribution in [0.2, 0.25) is 0 Å². The second kappa shape index (κ2) is 69.5. The van der Waals surface area contributed by atoms with E-state index in [1.54, 1.807) is 0 Å². The SMILES string of the molecule is CC/C=C\C/C=C\C/C=C\C/C=C\C/C=C\C/C=C\CCCCCCCCC(=O)NC(COP(=O)(O)OCC[N+](C)(C)C)C(/C=C/CCCCCCCCCCCCC)OC(=O)CCCCCCCCCCCCCCCCCCC/C=C\C/C=C\CCCCC. The lowest BCUT2D eigenvalue weighted by atomic mass is 10.0. The highest BCUT2D eigenvalue weighted by atomic mass is 31.2. The Morgan fingerprint density at radius 1 is 0.396 bits per heavy atom. The van der Waals surface area contributed by atoms with Gasteiger partial charge in [-0.05, 0) is 115 Å². The number of allylic oxidation sites excluding steroid dienone is 17. The summed E-state index contributed by atoms with van der Waals surface area (Å²) in [6.45, 7) is 6.90. The first-order valence-corrected chi connectivity index (χ1v) is 39.7. The monoisotopic (exact) mass is 1290 g/mol. The van der Waals surface area contributed by atoms with Gasteiger partial charge < -0.3 is 19.4 Å². The Labute approximate surface area is 563 Å². The smallest absolute Gasteiger partial charge is 0.456 e. The van der Waals surface area contributed by atoms with Crippen molar-refractivity contribution in [1.29, 1.82) is 0 Å². The minimum absolute atomic E-state index is 0.0334. The van der Waals surface area contributed by atoms with Crippen molar-refractivity contribution in [2.24, 2.45) is 0 Å². The van der Waals surface area contributed by atoms with Gasteiger partial charge in [0.15, 0.2) is 0 Å². The Morgan fingerprint density at radius 2 is 0.703 bits per heavy atom. The van der Waals surface area contributed by atoms with Gasteiger partial charge in [-0.1, -0.05) is 323 Å². The number of carbonyl (C=O) groups excluding carboxylic acids is 2. The molecule has 0 aliphatic carbocycles. The van der Waals surface area contributed by atoms with Gasteiger partial charge in [-0.25, -0.2) is 4.57 Å². The zero-order valence-electron chi connectivity index (χ0n) is 60.3. The Balaban J connectivity index is 5.05. The van der Waals surface area contributed by atoms with E-state index >= 15 is 0 Å². The van der Waals surface area contributed by atoms with Crippen LogP contribution in [-0.4, -0.2) is 74.3 Å². The van der Waals surface area contributed by atoms with E-state index in [4.69, 9.17) is 13.8 Å². The van der Waals surface area contributed by atoms with Crippen LogP contribution in [0.1, 0.15) is 342 Å². The van der Waals surface area contributed by atoms with Crippen LogP contribution in [0.25, 0.3) is 0 Å². The van der Waals surface area contributed by atoms with Gasteiger partial charge in [0.05, 0.1) is 33.8 Å². The highest BCUT2D eigenvalue weighted by molar-refractivity contribution is 7.47. The van der Waals surface area contributed by atoms with E-state index in [1.165, 1.54) is 180 Å². The third-order valence-electron chi connectivity index (χ3n) is 16.7. The molecule has 91 heavy (non-hydrogen) atoms. The van der Waals surface area contributed by atoms with E-state index < -0.39 is 20.0 Å². The molecule has 0 radical (unpaired) electrons. The molecule has 0 aliphatic rings. The minimum atomic E-state index is -4.47. The van der Waals surface area contributed by atoms with Crippen molar-refractivity contribution in [1.82, 2.24) is 5.32 Å². The van der Waals surface area contributed by atoms with Crippen LogP contribution in [0.15, 0.2) is 109 Å². The van der Waals surface area contributed by atoms with Crippen molar-refractivity contribution in [3.63, 3.8) is 0 Å². The number of rotatable bonds is 69. The minimum Gasteiger partial charge on any atom is -0.456 e. The molecule has 0 aliphatic heterocycles. The molecular weight excluding hydrogens is 1140 g/mol. The molecular formula is C81H146N2O7P+. The van der Waals surface area contributed by atoms with Crippen LogP contribution < -0.4 is 5.32 Å². The summed E-state index contributed by atoms with van der Waals surface area (Å²) in [5, 5.41) is 3.07. The van der Waals surface area contributed by atoms with Crippen molar-refractivity contribution in [2.75, 3.05) is 40.9 Å². The fraction of sp³-hybridized carbons (Fsp3) is 0.753. The summed E-state index contributed by atoms with van der Waals surface area (Å²) in [5.41, 5.74) is 0. The molecule has 0 aromatic carbocycles. The Kier molecular flexibility index (Phi) is 67.0. The molecule has 0 spiro atoms. The Hall–Kier alpha value is -3.33. The summed E-state index contributed by atoms with van der Waals surface area (Å²) in [5.74, 6) is -0.515. The van der Waals surface area contributed by atoms with E-state index in [0.717, 1.165) is 128 Å². The molecule has 0 bridgehead atoms. The van der Waals surface area contributed by atoms with Crippen LogP contribution >= 0.6 is 7.82 Å². The maximum absolute atomic E-state index is 13.7. The van der Waals surface area contributed by atoms with Gasteiger partial charge in [0.2, 0.25) is 5.91 Å². The molecule has 0 fully saturated rings. The predicted molar refractivity (Wildman–Crippen MR) is 397 cm³/mol. The standard InChI is InChI=1S/C81H145N2O7P/c1-7-10-13-16-19-22-25-28-30-32-34-36-38-40-41-43-45-47-49-51-53-56-59-62-65-68-71-74-81(85)90-79(72-69-66-63-60-57-54-27-24-21-18-15-12-9-3)78(77-89-91(86,87)88-76-75-83(4,5)6)82-80(84)73-70-67-64-61-58-55-52-50-48-46-44-42-39-37-35-33-31-29-26-23-20-17-14-11-8-2/h11,14,19-20,22-23,28-31,35,37,42,44,48,50,69,72,78-79H,7-10,12-13,15-18,21,24-27,32-34,36,38-41,43,45-47,49,51-68,70-71,73-77H2,1-6H3,(H-,82,84,86,87)/p+1/b14-11-,22-19-,23-20-,30-28-,31-29-,37-35-,44-42-,50-48-,72-69+. The molecule has 0 saturated carbocycles. The molecule has 0 rings (SSSR count). The maximum Gasteiger partial charge on any atom is 0.472 e. The number of phosphoric ester groups is 1. The molecule has 9 nitrogen and oxygen atoms in total. The fourth-order valence-corrected chi connectivity index (χ4v) is 11.6. The summed E-state index contributed by atoms with van der Waals surface area (Å²) in [7, 11) is 1.48. The number of quaternary nitrogens is 1. The summed E-state index contributed by atoms with van der Waals surface area (Å²) in [6.07, 6.45) is 96.8. The number of esters is 1. The molecule has 0 heterocycles. The fourth-order valence-electron chi connectivity index (χ4n) is 10.9. The van der Waals surface area contributed by atoms with E-state index in [1.807, 2.05) is 33.3 Å². The van der Waals surface area contributed by atoms with Crippen LogP contribution in [0.3, 0.4) is 0 Å². The van der Waals surface area contributed by atoms with Crippen LogP contribution in [0, 0.1) is 0 Å². The highest BCUT2D eigenvalue weighted by Crippen LogP contribution is 2.43. The molecule has 3 unspecified atom stereocenters. The molecule has 0 saturated heterocycles. The number of nitrogens with zero attached hydrogens (tertiary/aromatic N) is 1. The lowest BCUT2D eigenvalue weighted by Crippen LogP contribution is -2.47. The Morgan fingerprint density at radius 3 is 1.08 bits per heavy atom. The highest BCUT2D eigenvalue weighted by Gasteiger charge is 2.30. The van der Waals surface area contributed by atoms with E-state index in [9.17, 15) is 19.0 Å². The van der Waals surface area contributed by atoms with Crippen molar-refractivity contribution in [2.45, 2.75) is 354 Å². The van der Waals surface area contributed by atoms with Crippen LogP contribution in [0.4, 0.5) is 0 Å². The lowest BCUT2D eigenvalue weighted by molar-refractivity contribution is -0.870. The number of hydrogen-bond donors (Lipinski definition) is 2. The molecule has 0 aromatic heterocycles. The predicted octanol–water partition coefficient (Wildman–Crippen LogP) is 24.8. The second-order valence-electron chi connectivity index (χ2n) is 26.8. The van der Waals surface area contributed by atoms with Crippen molar-refractivity contribution in [3.05, 3.63) is 109 Å². The van der Waals surface area contributed by atoms with E-state index in [-0.39, 0.29) is 31.5 Å². The first-order valence-electron chi connectivity index (χ1n) is 38.2. The van der Waals surface area contributed by atoms with Gasteiger partial charge in [0, 0.05) is 12.8 Å². The number of hydrogen-bond acceptors (Lipinski definition) is 6. The third-order valence-corrected chi connectivity index (χ3v) is 17.7. The summed E-state index contributed by atoms with van der Waals surface area (Å²) >= 11 is 0. The molecule has 2 N–H and O–H groups in total. The number of likely N-dealkylation sites (N-methyl/N-ethyl adjacent to an activating group) is 1. The summed E-state index contributed by atoms with van der Waals surface area (Å²) < 4.78 is 30.9. The molecule has 3 atom stereocenters. The molecule has 0 aromatic rings. The van der Waals surface area contributed by atoms with Gasteiger partial charge in [-0.2, -0.15) is 0 Å². The van der Waals surface area contributed by atoms with Crippen LogP contribution in [0.5, 0.6) is 0 Å². The first kappa shape index (κ1) is 87.7. The number of nitrogens with one attached hydrogen (secondary N) is 1. The number of carbonyl (C=O) groups is 2. The molecule has 1 amide bonds. The zero-order chi connectivity index (χ0) is 66.3. The Bertz CT molecular complexity index is 1930. The van der Waals surface area contributed by atoms with Gasteiger partial charge >= 0.3 is 13.8 Å². The van der Waals surface area contributed by atoms with Crippen molar-refractivity contribution >= 4 is 19.7 Å². The topological polar surface area (TPSA) is 111 Å². The quantitative estimate of drug-likeness (QED) is 0.0205. The van der Waals surface area contributed by atoms with Crippen molar-refractivity contribution in [3.8, 4) is 0 Å². The average molecular weight is 1290 g/mol. The molecule has 526 valence electrons. The van der Waals surface area contributed by atoms with Gasteiger partial charge in [0.25, 0.3) is 0 Å². The number of unbranched alkanes of at least 4 members (excludes halogenated alkanes) is 37. The lowest BCUT2D eigenvalue weighted by Gasteiger charge is -2.27. The normalized spacial score (nSPS) is 14.1. The third kappa shape index (κ3) is 70.8. The zero-order valence-corrected chi connectivity index (χ0v) is 61.2. The van der Waals surface area contributed by atoms with Crippen LogP contribution in [-0.2, 0) is 27.9 Å². The summed E-state index contributed by atoms with van der Waals surface area (Å²) in [6, 6.07) is -0.864. The van der Waals surface area contributed by atoms with Gasteiger partial charge in [0.1, 0.15) is 19.3 Å². The number of phosphoric acid groups is 1. The second-order valence-corrected chi connectivity index (χ2v) is 28.2. The van der Waals surface area contributed by atoms with E-state index in [2.05, 4.69) is 123 Å². The maximum atomic E-state index is 13.7. The summed E-state index contributed by atoms with van der Waals surface area (Å²) in [4.78, 5) is 38.0. The van der Waals surface area contributed by atoms with Crippen molar-refractivity contribution < 1.29 is 37.3 Å². The van der Waals surface area contributed by atoms with E-state index in [0.29, 0.717) is 17.4 Å². The first-order chi connectivity index (χ1) is 44.4. The number of amides is 1. The number of ether oxygens (including phenoxy) is 1. The largest absolute Gasteiger partial charge is 0.472 e. The van der Waals surface area contributed by atoms with Gasteiger partial charge in [-0.15, -0.1) is 0 Å².